The molecule has 0 fully saturated rings. The van der Waals surface area contributed by atoms with Crippen LogP contribution in [0.3, 0.4) is 0 Å². The first-order valence-corrected chi connectivity index (χ1v) is 7.92. The van der Waals surface area contributed by atoms with Crippen molar-refractivity contribution < 1.29 is 4.74 Å². The van der Waals surface area contributed by atoms with Gasteiger partial charge < -0.3 is 10.5 Å². The molecule has 2 aromatic rings. The zero-order valence-electron chi connectivity index (χ0n) is 10.6. The van der Waals surface area contributed by atoms with Gasteiger partial charge in [0.15, 0.2) is 0 Å². The topological polar surface area (TPSA) is 35.2 Å². The van der Waals surface area contributed by atoms with Crippen LogP contribution >= 0.6 is 38.5 Å². The summed E-state index contributed by atoms with van der Waals surface area (Å²) in [6, 6.07) is 14.0. The Balaban J connectivity index is 2.42. The molecule has 0 radical (unpaired) electrons. The zero-order valence-corrected chi connectivity index (χ0v) is 14.3. The van der Waals surface area contributed by atoms with Gasteiger partial charge in [-0.3, -0.25) is 0 Å². The summed E-state index contributed by atoms with van der Waals surface area (Å²) in [6.45, 7) is 2.61. The summed E-state index contributed by atoms with van der Waals surface area (Å²) in [4.78, 5) is 0. The van der Waals surface area contributed by atoms with Crippen LogP contribution in [0, 0.1) is 3.57 Å². The van der Waals surface area contributed by atoms with Crippen LogP contribution in [0.2, 0.25) is 0 Å². The molecule has 0 aliphatic carbocycles. The molecule has 0 saturated heterocycles. The molecule has 0 aliphatic heterocycles. The molecule has 0 saturated carbocycles. The van der Waals surface area contributed by atoms with Gasteiger partial charge in [-0.05, 0) is 65.4 Å². The SMILES string of the molecule is CCOc1ccc(Br)cc1C(N)c1cccc(I)c1. The van der Waals surface area contributed by atoms with Crippen LogP contribution < -0.4 is 10.5 Å². The minimum absolute atomic E-state index is 0.186. The van der Waals surface area contributed by atoms with Crippen LogP contribution in [0.25, 0.3) is 0 Å². The van der Waals surface area contributed by atoms with Crippen LogP contribution in [-0.4, -0.2) is 6.61 Å². The highest BCUT2D eigenvalue weighted by Gasteiger charge is 2.15. The fourth-order valence-electron chi connectivity index (χ4n) is 1.93. The number of benzene rings is 2. The highest BCUT2D eigenvalue weighted by molar-refractivity contribution is 14.1. The maximum atomic E-state index is 6.38. The zero-order chi connectivity index (χ0) is 13.8. The van der Waals surface area contributed by atoms with Gasteiger partial charge in [0.1, 0.15) is 5.75 Å². The Morgan fingerprint density at radius 3 is 2.74 bits per heavy atom. The maximum Gasteiger partial charge on any atom is 0.124 e. The summed E-state index contributed by atoms with van der Waals surface area (Å²) in [7, 11) is 0. The molecule has 0 aliphatic rings. The Kier molecular flexibility index (Phi) is 5.24. The number of hydrogen-bond acceptors (Lipinski definition) is 2. The van der Waals surface area contributed by atoms with Crippen LogP contribution in [0.1, 0.15) is 24.1 Å². The Morgan fingerprint density at radius 2 is 2.05 bits per heavy atom. The van der Waals surface area contributed by atoms with Gasteiger partial charge in [0.05, 0.1) is 12.6 Å². The lowest BCUT2D eigenvalue weighted by atomic mass is 9.99. The second kappa shape index (κ2) is 6.72. The van der Waals surface area contributed by atoms with E-state index >= 15 is 0 Å². The Labute approximate surface area is 135 Å². The quantitative estimate of drug-likeness (QED) is 0.723. The van der Waals surface area contributed by atoms with Gasteiger partial charge in [-0.2, -0.15) is 0 Å². The third kappa shape index (κ3) is 3.70. The molecule has 2 N–H and O–H groups in total. The fraction of sp³-hybridized carbons (Fsp3) is 0.200. The molecule has 0 heterocycles. The van der Waals surface area contributed by atoms with E-state index in [1.165, 1.54) is 3.57 Å². The molecule has 19 heavy (non-hydrogen) atoms. The largest absolute Gasteiger partial charge is 0.494 e. The molecule has 2 nitrogen and oxygen atoms in total. The van der Waals surface area contributed by atoms with Crippen molar-refractivity contribution in [2.75, 3.05) is 6.61 Å². The van der Waals surface area contributed by atoms with Gasteiger partial charge >= 0.3 is 0 Å². The molecule has 0 bridgehead atoms. The number of halogens is 2. The van der Waals surface area contributed by atoms with Crippen molar-refractivity contribution in [1.82, 2.24) is 0 Å². The van der Waals surface area contributed by atoms with Crippen molar-refractivity contribution in [2.24, 2.45) is 5.73 Å². The van der Waals surface area contributed by atoms with Crippen LogP contribution in [0.4, 0.5) is 0 Å². The van der Waals surface area contributed by atoms with Crippen molar-refractivity contribution >= 4 is 38.5 Å². The minimum atomic E-state index is -0.186. The predicted molar refractivity (Wildman–Crippen MR) is 90.5 cm³/mol. The van der Waals surface area contributed by atoms with E-state index in [-0.39, 0.29) is 6.04 Å². The predicted octanol–water partition coefficient (Wildman–Crippen LogP) is 4.50. The summed E-state index contributed by atoms with van der Waals surface area (Å²) in [5, 5.41) is 0. The lowest BCUT2D eigenvalue weighted by Crippen LogP contribution is -2.13. The van der Waals surface area contributed by atoms with E-state index in [1.807, 2.05) is 37.3 Å². The first-order valence-electron chi connectivity index (χ1n) is 6.05. The fourth-order valence-corrected chi connectivity index (χ4v) is 2.87. The molecule has 1 atom stereocenters. The van der Waals surface area contributed by atoms with Crippen molar-refractivity contribution in [1.29, 1.82) is 0 Å². The van der Waals surface area contributed by atoms with Crippen molar-refractivity contribution in [3.63, 3.8) is 0 Å². The first-order chi connectivity index (χ1) is 9.11. The molecule has 2 aromatic carbocycles. The van der Waals surface area contributed by atoms with E-state index in [9.17, 15) is 0 Å². The van der Waals surface area contributed by atoms with Crippen LogP contribution in [-0.2, 0) is 0 Å². The molecule has 100 valence electrons. The summed E-state index contributed by atoms with van der Waals surface area (Å²) >= 11 is 5.78. The molecule has 2 rings (SSSR count). The maximum absolute atomic E-state index is 6.38. The second-order valence-corrected chi connectivity index (χ2v) is 6.31. The van der Waals surface area contributed by atoms with E-state index in [0.29, 0.717) is 6.61 Å². The first kappa shape index (κ1) is 14.8. The normalized spacial score (nSPS) is 12.2. The van der Waals surface area contributed by atoms with Crippen molar-refractivity contribution in [2.45, 2.75) is 13.0 Å². The summed E-state index contributed by atoms with van der Waals surface area (Å²) < 4.78 is 7.85. The van der Waals surface area contributed by atoms with Crippen molar-refractivity contribution in [3.8, 4) is 5.75 Å². The van der Waals surface area contributed by atoms with Gasteiger partial charge in [-0.15, -0.1) is 0 Å². The van der Waals surface area contributed by atoms with E-state index in [1.54, 1.807) is 0 Å². The number of hydrogen-bond donors (Lipinski definition) is 1. The standard InChI is InChI=1S/C15H15BrINO/c1-2-19-14-7-6-11(16)9-13(14)15(18)10-4-3-5-12(17)8-10/h3-9,15H,2,18H2,1H3. The summed E-state index contributed by atoms with van der Waals surface area (Å²) in [6.07, 6.45) is 0. The van der Waals surface area contributed by atoms with Gasteiger partial charge in [0, 0.05) is 13.6 Å². The van der Waals surface area contributed by atoms with E-state index in [2.05, 4.69) is 50.7 Å². The molecule has 0 amide bonds. The average molecular weight is 432 g/mol. The van der Waals surface area contributed by atoms with E-state index in [4.69, 9.17) is 10.5 Å². The molecular formula is C15H15BrINO. The van der Waals surface area contributed by atoms with Crippen LogP contribution in [0.15, 0.2) is 46.9 Å². The molecule has 1 unspecified atom stereocenters. The average Bonchev–Trinajstić information content (AvgIpc) is 2.40. The Morgan fingerprint density at radius 1 is 1.26 bits per heavy atom. The van der Waals surface area contributed by atoms with Crippen molar-refractivity contribution in [3.05, 3.63) is 61.6 Å². The van der Waals surface area contributed by atoms with E-state index < -0.39 is 0 Å². The van der Waals surface area contributed by atoms with Crippen LogP contribution in [0.5, 0.6) is 5.75 Å². The number of rotatable bonds is 4. The summed E-state index contributed by atoms with van der Waals surface area (Å²) in [5.41, 5.74) is 8.47. The second-order valence-electron chi connectivity index (χ2n) is 4.15. The highest BCUT2D eigenvalue weighted by Crippen LogP contribution is 2.31. The molecular weight excluding hydrogens is 417 g/mol. The highest BCUT2D eigenvalue weighted by atomic mass is 127. The Hall–Kier alpha value is -0.590. The molecule has 0 aromatic heterocycles. The monoisotopic (exact) mass is 431 g/mol. The third-order valence-corrected chi connectivity index (χ3v) is 3.98. The van der Waals surface area contributed by atoms with E-state index in [0.717, 1.165) is 21.3 Å². The van der Waals surface area contributed by atoms with Gasteiger partial charge in [0.25, 0.3) is 0 Å². The summed E-state index contributed by atoms with van der Waals surface area (Å²) in [5.74, 6) is 0.845. The third-order valence-electron chi connectivity index (χ3n) is 2.81. The lowest BCUT2D eigenvalue weighted by molar-refractivity contribution is 0.335. The number of ether oxygens (including phenoxy) is 1. The van der Waals surface area contributed by atoms with Gasteiger partial charge in [-0.25, -0.2) is 0 Å². The smallest absolute Gasteiger partial charge is 0.124 e. The number of nitrogens with two attached hydrogens (primary N) is 1. The minimum Gasteiger partial charge on any atom is -0.494 e. The molecule has 4 heteroatoms. The lowest BCUT2D eigenvalue weighted by Gasteiger charge is -2.17. The Bertz CT molecular complexity index is 574. The van der Waals surface area contributed by atoms with Gasteiger partial charge in [-0.1, -0.05) is 28.1 Å². The molecule has 0 spiro atoms. The van der Waals surface area contributed by atoms with Gasteiger partial charge in [0.2, 0.25) is 0 Å².